The maximum absolute atomic E-state index is 12.9. The van der Waals surface area contributed by atoms with E-state index in [1.165, 1.54) is 0 Å². The van der Waals surface area contributed by atoms with Gasteiger partial charge in [-0.25, -0.2) is 0 Å². The summed E-state index contributed by atoms with van der Waals surface area (Å²) in [5.41, 5.74) is 2.64. The lowest BCUT2D eigenvalue weighted by Gasteiger charge is -2.13. The fourth-order valence-electron chi connectivity index (χ4n) is 3.18. The molecular weight excluding hydrogens is 370 g/mol. The summed E-state index contributed by atoms with van der Waals surface area (Å²) in [7, 11) is 0. The Labute approximate surface area is 167 Å². The van der Waals surface area contributed by atoms with Crippen molar-refractivity contribution in [2.75, 3.05) is 13.2 Å². The average molecular weight is 391 g/mol. The first-order valence-corrected chi connectivity index (χ1v) is 10.2. The molecule has 0 unspecified atom stereocenters. The van der Waals surface area contributed by atoms with Gasteiger partial charge in [0.05, 0.1) is 24.4 Å². The molecule has 0 aliphatic rings. The Morgan fingerprint density at radius 3 is 2.89 bits per heavy atom. The van der Waals surface area contributed by atoms with Crippen molar-refractivity contribution in [2.24, 2.45) is 0 Å². The molecule has 5 nitrogen and oxygen atoms in total. The second-order valence-corrected chi connectivity index (χ2v) is 7.10. The molecule has 142 valence electrons. The number of rotatable bonds is 7. The van der Waals surface area contributed by atoms with Crippen molar-refractivity contribution in [1.82, 2.24) is 15.1 Å². The normalized spacial score (nSPS) is 10.9. The van der Waals surface area contributed by atoms with Crippen LogP contribution in [0.5, 0.6) is 5.75 Å². The number of carbonyl (C=O) groups is 1. The van der Waals surface area contributed by atoms with E-state index in [9.17, 15) is 4.79 Å². The minimum absolute atomic E-state index is 0.134. The molecule has 0 fully saturated rings. The number of benzene rings is 2. The van der Waals surface area contributed by atoms with Gasteiger partial charge in [0, 0.05) is 23.7 Å². The molecule has 2 aromatic heterocycles. The lowest BCUT2D eigenvalue weighted by atomic mass is 10.0. The van der Waals surface area contributed by atoms with Crippen molar-refractivity contribution in [2.45, 2.75) is 13.5 Å². The third-order valence-corrected chi connectivity index (χ3v) is 5.18. The van der Waals surface area contributed by atoms with E-state index in [4.69, 9.17) is 4.74 Å². The molecule has 0 atom stereocenters. The van der Waals surface area contributed by atoms with Gasteiger partial charge in [0.25, 0.3) is 5.91 Å². The van der Waals surface area contributed by atoms with Gasteiger partial charge in [0.1, 0.15) is 5.75 Å². The number of aromatic nitrogens is 2. The molecular formula is C22H21N3O2S. The summed E-state index contributed by atoms with van der Waals surface area (Å²) in [4.78, 5) is 12.9. The van der Waals surface area contributed by atoms with Crippen LogP contribution in [0.4, 0.5) is 0 Å². The molecule has 0 aliphatic heterocycles. The Hall–Kier alpha value is -3.12. The molecule has 4 rings (SSSR count). The molecule has 1 amide bonds. The molecule has 28 heavy (non-hydrogen) atoms. The molecule has 2 heterocycles. The van der Waals surface area contributed by atoms with E-state index in [1.807, 2.05) is 65.6 Å². The molecule has 0 saturated heterocycles. The van der Waals surface area contributed by atoms with Crippen LogP contribution in [0.25, 0.3) is 22.0 Å². The smallest absolute Gasteiger partial charge is 0.255 e. The third kappa shape index (κ3) is 3.77. The number of carbonyl (C=O) groups excluding carboxylic acids is 1. The lowest BCUT2D eigenvalue weighted by Crippen LogP contribution is -2.28. The molecule has 0 spiro atoms. The second kappa shape index (κ2) is 8.27. The monoisotopic (exact) mass is 391 g/mol. The van der Waals surface area contributed by atoms with E-state index >= 15 is 0 Å². The first-order chi connectivity index (χ1) is 13.8. The maximum atomic E-state index is 12.9. The van der Waals surface area contributed by atoms with Crippen molar-refractivity contribution in [3.05, 3.63) is 71.1 Å². The molecule has 4 aromatic rings. The standard InChI is InChI=1S/C22H21N3O2S/c1-2-27-20-8-7-16-5-3-4-6-18(16)21(20)22(26)23-11-13-25-12-9-19(24-25)17-10-14-28-15-17/h3-10,12,14-15H,2,11,13H2,1H3,(H,23,26). The highest BCUT2D eigenvalue weighted by Crippen LogP contribution is 2.28. The van der Waals surface area contributed by atoms with Crippen molar-refractivity contribution in [3.63, 3.8) is 0 Å². The van der Waals surface area contributed by atoms with E-state index in [-0.39, 0.29) is 5.91 Å². The first kappa shape index (κ1) is 18.3. The zero-order valence-electron chi connectivity index (χ0n) is 15.6. The second-order valence-electron chi connectivity index (χ2n) is 6.32. The van der Waals surface area contributed by atoms with Gasteiger partial charge >= 0.3 is 0 Å². The van der Waals surface area contributed by atoms with Crippen molar-refractivity contribution < 1.29 is 9.53 Å². The van der Waals surface area contributed by atoms with Crippen LogP contribution in [0.15, 0.2) is 65.5 Å². The summed E-state index contributed by atoms with van der Waals surface area (Å²) in [6, 6.07) is 15.7. The number of ether oxygens (including phenoxy) is 1. The average Bonchev–Trinajstić information content (AvgIpc) is 3.40. The predicted octanol–water partition coefficient (Wildman–Crippen LogP) is 4.59. The first-order valence-electron chi connectivity index (χ1n) is 9.25. The lowest BCUT2D eigenvalue weighted by molar-refractivity contribution is 0.0950. The van der Waals surface area contributed by atoms with E-state index in [0.29, 0.717) is 31.0 Å². The van der Waals surface area contributed by atoms with E-state index in [0.717, 1.165) is 22.0 Å². The molecule has 0 radical (unpaired) electrons. The predicted molar refractivity (Wildman–Crippen MR) is 113 cm³/mol. The minimum Gasteiger partial charge on any atom is -0.493 e. The van der Waals surface area contributed by atoms with E-state index < -0.39 is 0 Å². The maximum Gasteiger partial charge on any atom is 0.255 e. The molecule has 0 bridgehead atoms. The molecule has 1 N–H and O–H groups in total. The van der Waals surface area contributed by atoms with Crippen molar-refractivity contribution in [1.29, 1.82) is 0 Å². The molecule has 2 aromatic carbocycles. The number of hydrogen-bond donors (Lipinski definition) is 1. The summed E-state index contributed by atoms with van der Waals surface area (Å²) in [6.07, 6.45) is 1.93. The summed E-state index contributed by atoms with van der Waals surface area (Å²) >= 11 is 1.65. The largest absolute Gasteiger partial charge is 0.493 e. The molecule has 0 saturated carbocycles. The Morgan fingerprint density at radius 1 is 1.18 bits per heavy atom. The molecule has 6 heteroatoms. The SMILES string of the molecule is CCOc1ccc2ccccc2c1C(=O)NCCn1ccc(-c2ccsc2)n1. The van der Waals surface area contributed by atoms with Gasteiger partial charge in [-0.05, 0) is 41.3 Å². The number of nitrogens with one attached hydrogen (secondary N) is 1. The highest BCUT2D eigenvalue weighted by atomic mass is 32.1. The topological polar surface area (TPSA) is 56.1 Å². The highest BCUT2D eigenvalue weighted by molar-refractivity contribution is 7.08. The van der Waals surface area contributed by atoms with Crippen LogP contribution in [0.1, 0.15) is 17.3 Å². The van der Waals surface area contributed by atoms with Crippen LogP contribution in [0.2, 0.25) is 0 Å². The summed E-state index contributed by atoms with van der Waals surface area (Å²) < 4.78 is 7.55. The van der Waals surface area contributed by atoms with Gasteiger partial charge in [-0.15, -0.1) is 0 Å². The van der Waals surface area contributed by atoms with Crippen LogP contribution in [0.3, 0.4) is 0 Å². The van der Waals surface area contributed by atoms with Gasteiger partial charge in [0.15, 0.2) is 0 Å². The van der Waals surface area contributed by atoms with E-state index in [2.05, 4.69) is 21.9 Å². The number of thiophene rings is 1. The molecule has 0 aliphatic carbocycles. The summed E-state index contributed by atoms with van der Waals surface area (Å²) in [6.45, 7) is 3.51. The van der Waals surface area contributed by atoms with Crippen LogP contribution in [0, 0.1) is 0 Å². The number of fused-ring (bicyclic) bond motifs is 1. The van der Waals surface area contributed by atoms with Gasteiger partial charge in [-0.2, -0.15) is 16.4 Å². The number of hydrogen-bond acceptors (Lipinski definition) is 4. The van der Waals surface area contributed by atoms with Gasteiger partial charge in [0.2, 0.25) is 0 Å². The van der Waals surface area contributed by atoms with Crippen LogP contribution >= 0.6 is 11.3 Å². The van der Waals surface area contributed by atoms with Gasteiger partial charge in [-0.1, -0.05) is 30.3 Å². The Kier molecular flexibility index (Phi) is 5.39. The van der Waals surface area contributed by atoms with Crippen molar-refractivity contribution in [3.8, 4) is 17.0 Å². The Morgan fingerprint density at radius 2 is 2.07 bits per heavy atom. The third-order valence-electron chi connectivity index (χ3n) is 4.50. The minimum atomic E-state index is -0.134. The van der Waals surface area contributed by atoms with E-state index in [1.54, 1.807) is 11.3 Å². The van der Waals surface area contributed by atoms with Crippen molar-refractivity contribution >= 4 is 28.0 Å². The number of amides is 1. The summed E-state index contributed by atoms with van der Waals surface area (Å²) in [5, 5.41) is 13.6. The quantitative estimate of drug-likeness (QED) is 0.501. The fraction of sp³-hybridized carbons (Fsp3) is 0.182. The zero-order chi connectivity index (χ0) is 19.3. The Balaban J connectivity index is 1.47. The van der Waals surface area contributed by atoms with Gasteiger partial charge in [-0.3, -0.25) is 9.48 Å². The number of nitrogens with zero attached hydrogens (tertiary/aromatic N) is 2. The van der Waals surface area contributed by atoms with Crippen LogP contribution in [-0.4, -0.2) is 28.8 Å². The van der Waals surface area contributed by atoms with Gasteiger partial charge < -0.3 is 10.1 Å². The highest BCUT2D eigenvalue weighted by Gasteiger charge is 2.16. The van der Waals surface area contributed by atoms with Crippen LogP contribution < -0.4 is 10.1 Å². The van der Waals surface area contributed by atoms with Crippen LogP contribution in [-0.2, 0) is 6.54 Å². The fourth-order valence-corrected chi connectivity index (χ4v) is 3.83. The summed E-state index contributed by atoms with van der Waals surface area (Å²) in [5.74, 6) is 0.475. The Bertz CT molecular complexity index is 1090. The zero-order valence-corrected chi connectivity index (χ0v) is 16.4.